The first-order valence-electron chi connectivity index (χ1n) is 5.23. The van der Waals surface area contributed by atoms with Gasteiger partial charge in [0.2, 0.25) is 17.6 Å². The van der Waals surface area contributed by atoms with Gasteiger partial charge in [0.15, 0.2) is 0 Å². The number of aromatic amines is 1. The molecule has 0 saturated heterocycles. The summed E-state index contributed by atoms with van der Waals surface area (Å²) in [6.07, 6.45) is 1.41. The SMILES string of the molecule is COc1ccc(Cn2c(O)c(F)c(=O)[nH]c2=O)cn1. The normalized spacial score (nSPS) is 10.4. The summed E-state index contributed by atoms with van der Waals surface area (Å²) < 4.78 is 18.8. The predicted octanol–water partition coefficient (Wildman–Crippen LogP) is -0.167. The summed E-state index contributed by atoms with van der Waals surface area (Å²) in [5, 5.41) is 9.44. The molecule has 2 aromatic rings. The first kappa shape index (κ1) is 12.8. The summed E-state index contributed by atoms with van der Waals surface area (Å²) in [6.45, 7) is -0.130. The zero-order chi connectivity index (χ0) is 14.0. The maximum Gasteiger partial charge on any atom is 0.331 e. The van der Waals surface area contributed by atoms with E-state index in [1.54, 1.807) is 17.1 Å². The van der Waals surface area contributed by atoms with Crippen LogP contribution < -0.4 is 16.0 Å². The molecule has 19 heavy (non-hydrogen) atoms. The molecule has 0 radical (unpaired) electrons. The van der Waals surface area contributed by atoms with Crippen LogP contribution in [0.25, 0.3) is 0 Å². The second-order valence-corrected chi connectivity index (χ2v) is 3.69. The van der Waals surface area contributed by atoms with Gasteiger partial charge >= 0.3 is 5.69 Å². The molecule has 8 heteroatoms. The Morgan fingerprint density at radius 2 is 2.21 bits per heavy atom. The highest BCUT2D eigenvalue weighted by Crippen LogP contribution is 2.12. The smallest absolute Gasteiger partial charge is 0.331 e. The molecule has 0 amide bonds. The molecule has 0 unspecified atom stereocenters. The molecule has 0 saturated carbocycles. The molecule has 0 aliphatic carbocycles. The molecule has 0 spiro atoms. The molecule has 0 aromatic carbocycles. The lowest BCUT2D eigenvalue weighted by Crippen LogP contribution is -2.32. The number of pyridine rings is 1. The lowest BCUT2D eigenvalue weighted by atomic mass is 10.3. The van der Waals surface area contributed by atoms with Crippen molar-refractivity contribution in [1.82, 2.24) is 14.5 Å². The Morgan fingerprint density at radius 3 is 2.79 bits per heavy atom. The van der Waals surface area contributed by atoms with Crippen LogP contribution in [0.3, 0.4) is 0 Å². The van der Waals surface area contributed by atoms with Gasteiger partial charge in [0, 0.05) is 12.3 Å². The number of aromatic nitrogens is 3. The van der Waals surface area contributed by atoms with Crippen molar-refractivity contribution >= 4 is 0 Å². The zero-order valence-corrected chi connectivity index (χ0v) is 9.88. The number of aromatic hydroxyl groups is 1. The Labute approximate surface area is 105 Å². The Hall–Kier alpha value is -2.64. The van der Waals surface area contributed by atoms with Crippen LogP contribution in [0.2, 0.25) is 0 Å². The van der Waals surface area contributed by atoms with Gasteiger partial charge in [-0.1, -0.05) is 6.07 Å². The van der Waals surface area contributed by atoms with E-state index in [4.69, 9.17) is 4.74 Å². The second kappa shape index (κ2) is 4.92. The number of rotatable bonds is 3. The van der Waals surface area contributed by atoms with Gasteiger partial charge in [-0.3, -0.25) is 14.3 Å². The first-order chi connectivity index (χ1) is 9.02. The topological polar surface area (TPSA) is 97.2 Å². The molecule has 2 aromatic heterocycles. The number of H-pyrrole nitrogens is 1. The van der Waals surface area contributed by atoms with Gasteiger partial charge in [-0.05, 0) is 5.56 Å². The zero-order valence-electron chi connectivity index (χ0n) is 9.88. The summed E-state index contributed by atoms with van der Waals surface area (Å²) in [7, 11) is 1.45. The van der Waals surface area contributed by atoms with E-state index in [9.17, 15) is 19.1 Å². The average Bonchev–Trinajstić information content (AvgIpc) is 2.42. The van der Waals surface area contributed by atoms with E-state index in [0.29, 0.717) is 16.0 Å². The number of nitrogens with one attached hydrogen (secondary N) is 1. The Morgan fingerprint density at radius 1 is 1.47 bits per heavy atom. The first-order valence-corrected chi connectivity index (χ1v) is 5.23. The average molecular weight is 267 g/mol. The van der Waals surface area contributed by atoms with Crippen LogP contribution in [-0.4, -0.2) is 26.8 Å². The molecular formula is C11H10FN3O4. The summed E-state index contributed by atoms with van der Waals surface area (Å²) in [6, 6.07) is 3.15. The third-order valence-electron chi connectivity index (χ3n) is 2.46. The maximum atomic E-state index is 13.2. The molecule has 0 aliphatic heterocycles. The summed E-state index contributed by atoms with van der Waals surface area (Å²) in [4.78, 5) is 28.1. The molecule has 0 fully saturated rings. The Bertz CT molecular complexity index is 705. The summed E-state index contributed by atoms with van der Waals surface area (Å²) >= 11 is 0. The lowest BCUT2D eigenvalue weighted by molar-refractivity contribution is 0.367. The van der Waals surface area contributed by atoms with Gasteiger partial charge in [0.25, 0.3) is 5.56 Å². The van der Waals surface area contributed by atoms with Crippen molar-refractivity contribution in [2.24, 2.45) is 0 Å². The van der Waals surface area contributed by atoms with Crippen molar-refractivity contribution in [2.45, 2.75) is 6.54 Å². The van der Waals surface area contributed by atoms with Crippen LogP contribution in [0.1, 0.15) is 5.56 Å². The fourth-order valence-electron chi connectivity index (χ4n) is 1.49. The van der Waals surface area contributed by atoms with Gasteiger partial charge in [-0.15, -0.1) is 0 Å². The van der Waals surface area contributed by atoms with Gasteiger partial charge in [-0.25, -0.2) is 9.78 Å². The summed E-state index contributed by atoms with van der Waals surface area (Å²) in [5.41, 5.74) is -1.63. The van der Waals surface area contributed by atoms with E-state index < -0.39 is 22.9 Å². The van der Waals surface area contributed by atoms with Gasteiger partial charge in [0.1, 0.15) is 0 Å². The number of ether oxygens (including phenoxy) is 1. The monoisotopic (exact) mass is 267 g/mol. The van der Waals surface area contributed by atoms with Gasteiger partial charge < -0.3 is 9.84 Å². The Balaban J connectivity index is 2.40. The third-order valence-corrected chi connectivity index (χ3v) is 2.46. The molecule has 2 heterocycles. The molecule has 7 nitrogen and oxygen atoms in total. The largest absolute Gasteiger partial charge is 0.492 e. The van der Waals surface area contributed by atoms with Crippen LogP contribution in [0, 0.1) is 5.82 Å². The maximum absolute atomic E-state index is 13.2. The van der Waals surface area contributed by atoms with Crippen molar-refractivity contribution in [3.63, 3.8) is 0 Å². The highest BCUT2D eigenvalue weighted by Gasteiger charge is 2.13. The quantitative estimate of drug-likeness (QED) is 0.805. The highest BCUT2D eigenvalue weighted by atomic mass is 19.1. The van der Waals surface area contributed by atoms with Crippen molar-refractivity contribution in [2.75, 3.05) is 7.11 Å². The van der Waals surface area contributed by atoms with Crippen molar-refractivity contribution in [3.8, 4) is 11.8 Å². The summed E-state index contributed by atoms with van der Waals surface area (Å²) in [5.74, 6) is -2.03. The molecule has 0 atom stereocenters. The number of nitrogens with zero attached hydrogens (tertiary/aromatic N) is 2. The number of methoxy groups -OCH3 is 1. The number of hydrogen-bond donors (Lipinski definition) is 2. The van der Waals surface area contributed by atoms with E-state index in [0.717, 1.165) is 0 Å². The molecule has 2 N–H and O–H groups in total. The van der Waals surface area contributed by atoms with E-state index >= 15 is 0 Å². The molecular weight excluding hydrogens is 257 g/mol. The van der Waals surface area contributed by atoms with Crippen LogP contribution >= 0.6 is 0 Å². The molecule has 0 bridgehead atoms. The van der Waals surface area contributed by atoms with Crippen molar-refractivity contribution in [1.29, 1.82) is 0 Å². The van der Waals surface area contributed by atoms with Crippen molar-refractivity contribution in [3.05, 3.63) is 50.5 Å². The van der Waals surface area contributed by atoms with Crippen LogP contribution in [0.4, 0.5) is 4.39 Å². The fourth-order valence-corrected chi connectivity index (χ4v) is 1.49. The Kier molecular flexibility index (Phi) is 3.32. The predicted molar refractivity (Wildman–Crippen MR) is 62.8 cm³/mol. The molecule has 0 aliphatic rings. The second-order valence-electron chi connectivity index (χ2n) is 3.69. The fraction of sp³-hybridized carbons (Fsp3) is 0.182. The third kappa shape index (κ3) is 2.46. The van der Waals surface area contributed by atoms with Crippen LogP contribution in [0.5, 0.6) is 11.8 Å². The standard InChI is InChI=1S/C11H10FN3O4/c1-19-7-3-2-6(4-13-7)5-15-10(17)8(12)9(16)14-11(15)18/h2-4,17H,5H2,1H3,(H,14,16,18). The molecule has 100 valence electrons. The number of hydrogen-bond acceptors (Lipinski definition) is 5. The minimum atomic E-state index is -1.40. The number of halogens is 1. The van der Waals surface area contributed by atoms with Crippen LogP contribution in [-0.2, 0) is 6.54 Å². The highest BCUT2D eigenvalue weighted by molar-refractivity contribution is 5.20. The molecule has 2 rings (SSSR count). The van der Waals surface area contributed by atoms with Crippen LogP contribution in [0.15, 0.2) is 27.9 Å². The van der Waals surface area contributed by atoms with E-state index in [1.807, 2.05) is 0 Å². The van der Waals surface area contributed by atoms with E-state index in [2.05, 4.69) is 4.98 Å². The lowest BCUT2D eigenvalue weighted by Gasteiger charge is -2.08. The van der Waals surface area contributed by atoms with E-state index in [-0.39, 0.29) is 6.54 Å². The van der Waals surface area contributed by atoms with Gasteiger partial charge in [0.05, 0.1) is 13.7 Å². The van der Waals surface area contributed by atoms with E-state index in [1.165, 1.54) is 13.3 Å². The minimum Gasteiger partial charge on any atom is -0.492 e. The van der Waals surface area contributed by atoms with Gasteiger partial charge in [-0.2, -0.15) is 4.39 Å². The minimum absolute atomic E-state index is 0.130. The van der Waals surface area contributed by atoms with Crippen molar-refractivity contribution < 1.29 is 14.2 Å².